The fraction of sp³-hybridized carbons (Fsp3) is 0.886. The van der Waals surface area contributed by atoms with Crippen LogP contribution in [0.25, 0.3) is 0 Å². The topological polar surface area (TPSA) is 63.6 Å². The first-order valence-corrected chi connectivity index (χ1v) is 17.9. The van der Waals surface area contributed by atoms with Crippen molar-refractivity contribution < 1.29 is 19.4 Å². The van der Waals surface area contributed by atoms with Crippen LogP contribution in [0.3, 0.4) is 0 Å². The van der Waals surface area contributed by atoms with Crippen molar-refractivity contribution in [2.24, 2.45) is 34.5 Å². The van der Waals surface area contributed by atoms with Crippen LogP contribution in [0.4, 0.5) is 0 Å². The van der Waals surface area contributed by atoms with Crippen molar-refractivity contribution in [2.45, 2.75) is 142 Å². The third-order valence-corrected chi connectivity index (χ3v) is 13.4. The van der Waals surface area contributed by atoms with E-state index in [0.717, 1.165) is 50.7 Å². The molecule has 0 saturated heterocycles. The van der Waals surface area contributed by atoms with Gasteiger partial charge in [0.25, 0.3) is 0 Å². The smallest absolute Gasteiger partial charge is 0.305 e. The summed E-state index contributed by atoms with van der Waals surface area (Å²) in [5.41, 5.74) is 1.20. The number of hydrogen-bond donors (Lipinski definition) is 1. The van der Waals surface area contributed by atoms with Gasteiger partial charge in [-0.25, -0.2) is 0 Å². The maximum atomic E-state index is 12.4. The Bertz CT molecular complexity index is 896. The van der Waals surface area contributed by atoms with E-state index in [9.17, 15) is 14.7 Å². The predicted octanol–water partition coefficient (Wildman–Crippen LogP) is 8.69. The van der Waals surface area contributed by atoms with Crippen LogP contribution in [-0.2, 0) is 14.3 Å². The summed E-state index contributed by atoms with van der Waals surface area (Å²) in [4.78, 5) is 23.6. The molecule has 0 aromatic heterocycles. The summed E-state index contributed by atoms with van der Waals surface area (Å²) in [6, 6.07) is 0. The Morgan fingerprint density at radius 3 is 2.30 bits per heavy atom. The zero-order valence-corrected chi connectivity index (χ0v) is 26.9. The van der Waals surface area contributed by atoms with Crippen molar-refractivity contribution in [3.63, 3.8) is 0 Å². The number of esters is 1. The molecule has 4 nitrogen and oxygen atoms in total. The summed E-state index contributed by atoms with van der Waals surface area (Å²) < 4.78 is 4.69. The molecule has 4 aliphatic rings. The standard InChI is InChI=1S/C35H58O4S/c1-33-19-16-28(36)25-27(33)24-26(32-29(33)17-20-34(2)30(32)18-21-35(34,3)38)14-10-8-6-5-7-9-12-22-40-23-13-11-15-31(37)39-4/h25-26,29-30,32,38H,5-24H2,1-4H3/t26-,29?,30?,32?,33+,34+,35+/m1/s1. The third kappa shape index (κ3) is 7.04. The highest BCUT2D eigenvalue weighted by Gasteiger charge is 2.64. The number of unbranched alkanes of at least 4 members (excludes halogenated alkanes) is 7. The van der Waals surface area contributed by atoms with Gasteiger partial charge in [-0.3, -0.25) is 9.59 Å². The van der Waals surface area contributed by atoms with Gasteiger partial charge in [0.2, 0.25) is 0 Å². The molecule has 0 spiro atoms. The minimum Gasteiger partial charge on any atom is -0.469 e. The highest BCUT2D eigenvalue weighted by Crippen LogP contribution is 2.69. The van der Waals surface area contributed by atoms with Crippen molar-refractivity contribution in [3.05, 3.63) is 11.6 Å². The summed E-state index contributed by atoms with van der Waals surface area (Å²) in [7, 11) is 1.46. The minimum absolute atomic E-state index is 0.0514. The number of hydrogen-bond acceptors (Lipinski definition) is 5. The lowest BCUT2D eigenvalue weighted by Gasteiger charge is -2.61. The van der Waals surface area contributed by atoms with Crippen molar-refractivity contribution in [1.82, 2.24) is 0 Å². The Morgan fingerprint density at radius 1 is 0.925 bits per heavy atom. The average Bonchev–Trinajstić information content (AvgIpc) is 3.17. The molecule has 4 rings (SSSR count). The lowest BCUT2D eigenvalue weighted by atomic mass is 9.44. The van der Waals surface area contributed by atoms with Crippen LogP contribution in [0.5, 0.6) is 0 Å². The third-order valence-electron chi connectivity index (χ3n) is 12.2. The Balaban J connectivity index is 1.19. The second kappa shape index (κ2) is 14.1. The molecule has 0 amide bonds. The average molecular weight is 575 g/mol. The molecule has 228 valence electrons. The summed E-state index contributed by atoms with van der Waals surface area (Å²) >= 11 is 2.03. The molecule has 3 saturated carbocycles. The van der Waals surface area contributed by atoms with Crippen molar-refractivity contribution in [3.8, 4) is 0 Å². The Kier molecular flexibility index (Phi) is 11.3. The van der Waals surface area contributed by atoms with Gasteiger partial charge >= 0.3 is 5.97 Å². The molecular weight excluding hydrogens is 516 g/mol. The summed E-state index contributed by atoms with van der Waals surface area (Å²) in [5, 5.41) is 11.4. The maximum absolute atomic E-state index is 12.4. The highest BCUT2D eigenvalue weighted by atomic mass is 32.2. The summed E-state index contributed by atoms with van der Waals surface area (Å²) in [5.74, 6) is 5.37. The Morgan fingerprint density at radius 2 is 1.57 bits per heavy atom. The van der Waals surface area contributed by atoms with E-state index in [4.69, 9.17) is 4.74 Å². The number of ether oxygens (including phenoxy) is 1. The van der Waals surface area contributed by atoms with E-state index in [0.29, 0.717) is 35.9 Å². The lowest BCUT2D eigenvalue weighted by Crippen LogP contribution is -2.56. The number of allylic oxidation sites excluding steroid dienone is 1. The molecule has 0 radical (unpaired) electrons. The molecule has 0 aromatic carbocycles. The van der Waals surface area contributed by atoms with Gasteiger partial charge in [0, 0.05) is 12.8 Å². The van der Waals surface area contributed by atoms with E-state index < -0.39 is 5.60 Å². The second-order valence-corrected chi connectivity index (χ2v) is 15.7. The molecular formula is C35H58O4S. The molecule has 3 unspecified atom stereocenters. The van der Waals surface area contributed by atoms with E-state index in [1.807, 2.05) is 11.8 Å². The van der Waals surface area contributed by atoms with E-state index in [1.165, 1.54) is 82.6 Å². The molecule has 0 bridgehead atoms. The van der Waals surface area contributed by atoms with Crippen molar-refractivity contribution in [2.75, 3.05) is 18.6 Å². The van der Waals surface area contributed by atoms with Gasteiger partial charge in [0.05, 0.1) is 12.7 Å². The molecule has 0 aromatic rings. The fourth-order valence-corrected chi connectivity index (χ4v) is 10.4. The van der Waals surface area contributed by atoms with Crippen LogP contribution in [0.15, 0.2) is 11.6 Å². The number of thioether (sulfide) groups is 1. The minimum atomic E-state index is -0.532. The summed E-state index contributed by atoms with van der Waals surface area (Å²) in [6.07, 6.45) is 22.7. The molecule has 4 aliphatic carbocycles. The fourth-order valence-electron chi connectivity index (χ4n) is 9.42. The Hall–Kier alpha value is -0.810. The first kappa shape index (κ1) is 32.1. The van der Waals surface area contributed by atoms with Gasteiger partial charge in [-0.1, -0.05) is 57.9 Å². The zero-order valence-electron chi connectivity index (χ0n) is 26.1. The molecule has 1 N–H and O–H groups in total. The number of rotatable bonds is 15. The van der Waals surface area contributed by atoms with Gasteiger partial charge in [0.15, 0.2) is 5.78 Å². The number of ketones is 1. The van der Waals surface area contributed by atoms with Crippen LogP contribution in [0.1, 0.15) is 136 Å². The quantitative estimate of drug-likeness (QED) is 0.157. The molecule has 40 heavy (non-hydrogen) atoms. The van der Waals surface area contributed by atoms with Crippen LogP contribution >= 0.6 is 11.8 Å². The summed E-state index contributed by atoms with van der Waals surface area (Å²) in [6.45, 7) is 7.00. The molecule has 0 heterocycles. The van der Waals surface area contributed by atoms with E-state index in [2.05, 4.69) is 26.8 Å². The number of carbonyl (C=O) groups excluding carboxylic acids is 2. The van der Waals surface area contributed by atoms with Crippen LogP contribution in [-0.4, -0.2) is 41.1 Å². The van der Waals surface area contributed by atoms with E-state index >= 15 is 0 Å². The molecule has 0 aliphatic heterocycles. The van der Waals surface area contributed by atoms with Gasteiger partial charge in [0.1, 0.15) is 0 Å². The lowest BCUT2D eigenvalue weighted by molar-refractivity contribution is -0.140. The monoisotopic (exact) mass is 574 g/mol. The number of aliphatic hydroxyl groups is 1. The second-order valence-electron chi connectivity index (χ2n) is 14.5. The first-order valence-electron chi connectivity index (χ1n) is 16.7. The predicted molar refractivity (Wildman–Crippen MR) is 166 cm³/mol. The normalized spacial score (nSPS) is 36.9. The Labute approximate surface area is 249 Å². The van der Waals surface area contributed by atoms with Crippen molar-refractivity contribution in [1.29, 1.82) is 0 Å². The highest BCUT2D eigenvalue weighted by molar-refractivity contribution is 7.99. The van der Waals surface area contributed by atoms with Gasteiger partial charge in [-0.05, 0) is 123 Å². The zero-order chi connectivity index (χ0) is 28.8. The number of fused-ring (bicyclic) bond motifs is 5. The SMILES string of the molecule is COC(=O)CCCCSCCCCCCCCC[C@@H]1CC2=CC(=O)CC[C@]2(C)C2CC[C@@]3(C)C(CC[C@]3(C)O)C21. The van der Waals surface area contributed by atoms with Gasteiger partial charge in [-0.2, -0.15) is 11.8 Å². The maximum Gasteiger partial charge on any atom is 0.305 e. The van der Waals surface area contributed by atoms with Gasteiger partial charge < -0.3 is 9.84 Å². The van der Waals surface area contributed by atoms with Crippen molar-refractivity contribution >= 4 is 23.5 Å². The first-order chi connectivity index (χ1) is 19.1. The van der Waals surface area contributed by atoms with Gasteiger partial charge in [-0.15, -0.1) is 0 Å². The number of methoxy groups -OCH3 is 1. The van der Waals surface area contributed by atoms with Crippen LogP contribution in [0.2, 0.25) is 0 Å². The van der Waals surface area contributed by atoms with Crippen LogP contribution < -0.4 is 0 Å². The van der Waals surface area contributed by atoms with E-state index in [1.54, 1.807) is 0 Å². The molecule has 7 atom stereocenters. The van der Waals surface area contributed by atoms with Crippen LogP contribution in [0, 0.1) is 34.5 Å². The van der Waals surface area contributed by atoms with E-state index in [-0.39, 0.29) is 16.8 Å². The number of carbonyl (C=O) groups is 2. The largest absolute Gasteiger partial charge is 0.469 e. The molecule has 5 heteroatoms. The molecule has 3 fully saturated rings.